The first-order valence-electron chi connectivity index (χ1n) is 6.71. The number of imide groups is 1. The number of rotatable bonds is 4. The number of nitrogens with zero attached hydrogens (tertiary/aromatic N) is 1. The maximum absolute atomic E-state index is 13.0. The average molecular weight is 441 g/mol. The van der Waals surface area contributed by atoms with Crippen LogP contribution in [-0.4, -0.2) is 32.4 Å². The van der Waals surface area contributed by atoms with Gasteiger partial charge in [-0.3, -0.25) is 0 Å². The molecule has 1 aromatic rings. The van der Waals surface area contributed by atoms with Crippen LogP contribution in [0.2, 0.25) is 0 Å². The van der Waals surface area contributed by atoms with Crippen LogP contribution in [0.5, 0.6) is 5.75 Å². The van der Waals surface area contributed by atoms with Crippen molar-refractivity contribution in [3.05, 3.63) is 39.5 Å². The van der Waals surface area contributed by atoms with E-state index in [1.807, 2.05) is 0 Å². The fourth-order valence-corrected chi connectivity index (χ4v) is 6.54. The Labute approximate surface area is 138 Å². The first kappa shape index (κ1) is 17.8. The van der Waals surface area contributed by atoms with E-state index in [-0.39, 0.29) is 11.0 Å². The van der Waals surface area contributed by atoms with Crippen molar-refractivity contribution < 1.29 is 27.5 Å². The van der Waals surface area contributed by atoms with Gasteiger partial charge < -0.3 is 0 Å². The van der Waals surface area contributed by atoms with Crippen LogP contribution in [-0.2, 0) is 11.3 Å². The van der Waals surface area contributed by atoms with Gasteiger partial charge in [0.2, 0.25) is 0 Å². The number of carbonyl (C=O) groups excluding carboxylic acids is 2. The van der Waals surface area contributed by atoms with Crippen LogP contribution in [0, 0.1) is 0 Å². The number of hydrogen-bond donors (Lipinski definition) is 0. The van der Waals surface area contributed by atoms with Crippen LogP contribution in [0.1, 0.15) is 12.5 Å². The van der Waals surface area contributed by atoms with Crippen LogP contribution in [0.4, 0.5) is 18.0 Å². The minimum absolute atomic E-state index is 0.0305. The van der Waals surface area contributed by atoms with Gasteiger partial charge >= 0.3 is 138 Å². The quantitative estimate of drug-likeness (QED) is 0.306. The van der Waals surface area contributed by atoms with Crippen molar-refractivity contribution in [2.24, 2.45) is 0 Å². The van der Waals surface area contributed by atoms with Crippen molar-refractivity contribution in [2.75, 3.05) is 11.5 Å². The molecule has 0 fully saturated rings. The molecule has 1 aliphatic rings. The van der Waals surface area contributed by atoms with E-state index in [1.165, 1.54) is 7.11 Å². The molecule has 1 aromatic carbocycles. The van der Waals surface area contributed by atoms with E-state index in [1.54, 1.807) is 31.2 Å². The topological polar surface area (TPSA) is 46.6 Å². The van der Waals surface area contributed by atoms with Crippen molar-refractivity contribution in [3.63, 3.8) is 0 Å². The Balaban J connectivity index is 2.27. The molecule has 0 radical (unpaired) electrons. The Morgan fingerprint density at radius 3 is 2.26 bits per heavy atom. The Morgan fingerprint density at radius 1 is 1.17 bits per heavy atom. The van der Waals surface area contributed by atoms with Crippen molar-refractivity contribution in [3.8, 4) is 5.75 Å². The number of allylic oxidation sites excluding steroid dienone is 1. The van der Waals surface area contributed by atoms with Gasteiger partial charge in [-0.25, -0.2) is 0 Å². The second-order valence-electron chi connectivity index (χ2n) is 4.64. The minimum atomic E-state index is -4.61. The number of halogens is 4. The molecule has 2 amide bonds. The fourth-order valence-electron chi connectivity index (χ4n) is 2.07. The second-order valence-corrected chi connectivity index (χ2v) is 10.3. The fraction of sp³-hybridized carbons (Fsp3) is 0.333. The van der Waals surface area contributed by atoms with E-state index in [2.05, 4.69) is 0 Å². The van der Waals surface area contributed by atoms with Crippen molar-refractivity contribution in [2.45, 2.75) is 19.6 Å². The molecule has 4 nitrogen and oxygen atoms in total. The van der Waals surface area contributed by atoms with E-state index in [4.69, 9.17) is 4.74 Å². The summed E-state index contributed by atoms with van der Waals surface area (Å²) in [6, 6.07) is 6.68. The number of amides is 2. The SMILES string of the molecule is CCI1C(=O)N(Cc2ccc(OC)cc2)C(=O)C=C1C(F)(F)F. The first-order chi connectivity index (χ1) is 10.8. The molecule has 0 spiro atoms. The Morgan fingerprint density at radius 2 is 1.78 bits per heavy atom. The number of alkyl halides is 4. The van der Waals surface area contributed by atoms with Gasteiger partial charge in [0.05, 0.1) is 0 Å². The summed E-state index contributed by atoms with van der Waals surface area (Å²) >= 11 is -3.12. The van der Waals surface area contributed by atoms with Gasteiger partial charge in [0, 0.05) is 0 Å². The van der Waals surface area contributed by atoms with Gasteiger partial charge in [-0.2, -0.15) is 0 Å². The molecule has 0 aromatic heterocycles. The number of ether oxygens (including phenoxy) is 1. The Kier molecular flexibility index (Phi) is 5.33. The molecule has 0 atom stereocenters. The summed E-state index contributed by atoms with van der Waals surface area (Å²) in [5, 5.41) is 0. The number of hydrogen-bond acceptors (Lipinski definition) is 3. The molecule has 1 aliphatic heterocycles. The molecule has 0 N–H and O–H groups in total. The normalized spacial score (nSPS) is 17.3. The second kappa shape index (κ2) is 6.90. The number of carbonyl (C=O) groups is 2. The van der Waals surface area contributed by atoms with E-state index >= 15 is 0 Å². The van der Waals surface area contributed by atoms with Gasteiger partial charge in [-0.1, -0.05) is 0 Å². The molecular weight excluding hydrogens is 426 g/mol. The van der Waals surface area contributed by atoms with Crippen LogP contribution in [0.3, 0.4) is 0 Å². The average Bonchev–Trinajstić information content (AvgIpc) is 2.50. The van der Waals surface area contributed by atoms with E-state index in [0.717, 1.165) is 4.90 Å². The monoisotopic (exact) mass is 441 g/mol. The number of methoxy groups -OCH3 is 1. The molecule has 0 unspecified atom stereocenters. The molecule has 8 heteroatoms. The summed E-state index contributed by atoms with van der Waals surface area (Å²) in [7, 11) is 1.51. The van der Waals surface area contributed by atoms with Crippen LogP contribution >= 0.6 is 19.8 Å². The molecule has 0 saturated heterocycles. The molecule has 1 heterocycles. The van der Waals surface area contributed by atoms with Crippen molar-refractivity contribution in [1.29, 1.82) is 0 Å². The van der Waals surface area contributed by atoms with Gasteiger partial charge in [0.15, 0.2) is 0 Å². The molecule has 0 aliphatic carbocycles. The van der Waals surface area contributed by atoms with Crippen LogP contribution < -0.4 is 4.74 Å². The van der Waals surface area contributed by atoms with Crippen LogP contribution in [0.25, 0.3) is 0 Å². The predicted octanol–water partition coefficient (Wildman–Crippen LogP) is 4.13. The third-order valence-electron chi connectivity index (χ3n) is 3.21. The standard InChI is InChI=1S/C15H15F3INO3/c1-3-19-12(15(16,17)18)8-13(21)20(14(19)22)9-10-4-6-11(23-2)7-5-10/h4-8H,3,9H2,1-2H3. The molecule has 0 bridgehead atoms. The molecule has 2 rings (SSSR count). The third-order valence-corrected chi connectivity index (χ3v) is 8.75. The Hall–Kier alpha value is -1.58. The first-order valence-corrected chi connectivity index (χ1v) is 10.4. The summed E-state index contributed by atoms with van der Waals surface area (Å²) in [6.45, 7) is 1.53. The molecular formula is C15H15F3INO3. The van der Waals surface area contributed by atoms with Gasteiger partial charge in [-0.15, -0.1) is 0 Å². The molecule has 23 heavy (non-hydrogen) atoms. The zero-order valence-electron chi connectivity index (χ0n) is 12.5. The van der Waals surface area contributed by atoms with E-state index < -0.39 is 39.4 Å². The Bertz CT molecular complexity index is 640. The summed E-state index contributed by atoms with van der Waals surface area (Å²) in [4.78, 5) is 25.3. The van der Waals surface area contributed by atoms with Crippen molar-refractivity contribution >= 4 is 29.6 Å². The van der Waals surface area contributed by atoms with E-state index in [9.17, 15) is 22.8 Å². The van der Waals surface area contributed by atoms with Gasteiger partial charge in [0.1, 0.15) is 0 Å². The van der Waals surface area contributed by atoms with Crippen molar-refractivity contribution in [1.82, 2.24) is 4.90 Å². The summed E-state index contributed by atoms with van der Waals surface area (Å²) in [5.41, 5.74) is 0.656. The summed E-state index contributed by atoms with van der Waals surface area (Å²) < 4.78 is 42.6. The third kappa shape index (κ3) is 3.85. The molecule has 0 saturated carbocycles. The van der Waals surface area contributed by atoms with Gasteiger partial charge in [-0.05, 0) is 0 Å². The molecule has 126 valence electrons. The van der Waals surface area contributed by atoms with Gasteiger partial charge in [0.25, 0.3) is 0 Å². The zero-order valence-corrected chi connectivity index (χ0v) is 14.6. The summed E-state index contributed by atoms with van der Waals surface area (Å²) in [5.74, 6) is -0.286. The van der Waals surface area contributed by atoms with Crippen LogP contribution in [0.15, 0.2) is 33.9 Å². The summed E-state index contributed by atoms with van der Waals surface area (Å²) in [6.07, 6.45) is -4.02. The maximum atomic E-state index is 13.0. The van der Waals surface area contributed by atoms with E-state index in [0.29, 0.717) is 17.4 Å². The zero-order chi connectivity index (χ0) is 17.2. The number of benzene rings is 1. The predicted molar refractivity (Wildman–Crippen MR) is 87.6 cm³/mol.